The van der Waals surface area contributed by atoms with Gasteiger partial charge in [-0.2, -0.15) is 0 Å². The number of amides is 1. The highest BCUT2D eigenvalue weighted by Gasteiger charge is 2.19. The van der Waals surface area contributed by atoms with Gasteiger partial charge in [0.2, 0.25) is 12.7 Å². The van der Waals surface area contributed by atoms with Gasteiger partial charge in [0.1, 0.15) is 10.6 Å². The number of hydrogen-bond donors (Lipinski definition) is 1. The molecule has 0 atom stereocenters. The Labute approximate surface area is 196 Å². The second-order valence-corrected chi connectivity index (χ2v) is 8.96. The lowest BCUT2D eigenvalue weighted by Crippen LogP contribution is -2.26. The average molecular weight is 482 g/mol. The predicted molar refractivity (Wildman–Crippen MR) is 127 cm³/mol. The number of furan rings is 1. The zero-order valence-corrected chi connectivity index (χ0v) is 19.0. The van der Waals surface area contributed by atoms with Gasteiger partial charge in [-0.05, 0) is 29.8 Å². The SMILES string of the molecule is C=CCn1c(SCC(=O)NCc2ccc3c(c2)OCO3)nc2scc(-c3ccco3)c2c1=O. The highest BCUT2D eigenvalue weighted by molar-refractivity contribution is 7.99. The number of aromatic nitrogens is 2. The van der Waals surface area contributed by atoms with Crippen molar-refractivity contribution < 1.29 is 18.7 Å². The van der Waals surface area contributed by atoms with Crippen LogP contribution in [0.15, 0.2) is 69.0 Å². The van der Waals surface area contributed by atoms with Crippen molar-refractivity contribution in [1.29, 1.82) is 0 Å². The fourth-order valence-corrected chi connectivity index (χ4v) is 5.26. The Morgan fingerprint density at radius 1 is 1.30 bits per heavy atom. The van der Waals surface area contributed by atoms with Crippen molar-refractivity contribution >= 4 is 39.2 Å². The molecule has 0 bridgehead atoms. The molecule has 1 aliphatic heterocycles. The number of carbonyl (C=O) groups is 1. The molecule has 10 heteroatoms. The summed E-state index contributed by atoms with van der Waals surface area (Å²) in [5, 5.41) is 5.73. The van der Waals surface area contributed by atoms with Gasteiger partial charge in [-0.25, -0.2) is 4.98 Å². The van der Waals surface area contributed by atoms with Gasteiger partial charge in [-0.1, -0.05) is 23.9 Å². The summed E-state index contributed by atoms with van der Waals surface area (Å²) in [4.78, 5) is 31.0. The lowest BCUT2D eigenvalue weighted by molar-refractivity contribution is -0.118. The Bertz CT molecular complexity index is 1390. The molecule has 4 heterocycles. The second kappa shape index (κ2) is 9.16. The van der Waals surface area contributed by atoms with E-state index in [2.05, 4.69) is 16.9 Å². The van der Waals surface area contributed by atoms with Gasteiger partial charge in [0.15, 0.2) is 16.7 Å². The number of benzene rings is 1. The maximum atomic E-state index is 13.3. The van der Waals surface area contributed by atoms with Crippen LogP contribution in [-0.2, 0) is 17.9 Å². The number of fused-ring (bicyclic) bond motifs is 2. The lowest BCUT2D eigenvalue weighted by atomic mass is 10.2. The molecule has 0 saturated heterocycles. The Balaban J connectivity index is 1.32. The van der Waals surface area contributed by atoms with Crippen molar-refractivity contribution in [2.75, 3.05) is 12.5 Å². The molecular weight excluding hydrogens is 462 g/mol. The smallest absolute Gasteiger partial charge is 0.263 e. The van der Waals surface area contributed by atoms with Crippen molar-refractivity contribution in [1.82, 2.24) is 14.9 Å². The molecule has 1 aromatic carbocycles. The van der Waals surface area contributed by atoms with Gasteiger partial charge >= 0.3 is 0 Å². The topological polar surface area (TPSA) is 95.6 Å². The molecule has 4 aromatic rings. The molecule has 0 saturated carbocycles. The predicted octanol–water partition coefficient (Wildman–Crippen LogP) is 4.04. The minimum absolute atomic E-state index is 0.121. The van der Waals surface area contributed by atoms with Crippen LogP contribution < -0.4 is 20.3 Å². The molecule has 1 N–H and O–H groups in total. The zero-order chi connectivity index (χ0) is 22.8. The van der Waals surface area contributed by atoms with Crippen molar-refractivity contribution in [2.45, 2.75) is 18.2 Å². The molecule has 8 nitrogen and oxygen atoms in total. The molecule has 168 valence electrons. The largest absolute Gasteiger partial charge is 0.464 e. The van der Waals surface area contributed by atoms with Crippen LogP contribution in [0.5, 0.6) is 11.5 Å². The molecule has 3 aromatic heterocycles. The van der Waals surface area contributed by atoms with E-state index in [0.29, 0.717) is 44.7 Å². The number of thioether (sulfide) groups is 1. The van der Waals surface area contributed by atoms with Gasteiger partial charge in [-0.3, -0.25) is 14.2 Å². The van der Waals surface area contributed by atoms with E-state index < -0.39 is 0 Å². The summed E-state index contributed by atoms with van der Waals surface area (Å²) in [6.07, 6.45) is 3.21. The van der Waals surface area contributed by atoms with Crippen molar-refractivity contribution in [3.63, 3.8) is 0 Å². The molecule has 0 radical (unpaired) electrons. The molecule has 0 spiro atoms. The summed E-state index contributed by atoms with van der Waals surface area (Å²) in [6.45, 7) is 4.61. The van der Waals surface area contributed by atoms with Crippen LogP contribution in [-0.4, -0.2) is 28.0 Å². The number of hydrogen-bond acceptors (Lipinski definition) is 8. The number of rotatable bonds is 8. The summed E-state index contributed by atoms with van der Waals surface area (Å²) in [7, 11) is 0. The van der Waals surface area contributed by atoms with E-state index in [0.717, 1.165) is 5.56 Å². The third-order valence-corrected chi connectivity index (χ3v) is 6.86. The minimum Gasteiger partial charge on any atom is -0.464 e. The number of allylic oxidation sites excluding steroid dienone is 1. The maximum Gasteiger partial charge on any atom is 0.263 e. The first-order valence-electron chi connectivity index (χ1n) is 10.1. The normalized spacial score (nSPS) is 12.2. The minimum atomic E-state index is -0.184. The molecule has 1 aliphatic rings. The zero-order valence-electron chi connectivity index (χ0n) is 17.4. The van der Waals surface area contributed by atoms with E-state index in [1.807, 2.05) is 29.6 Å². The molecular formula is C23H19N3O5S2. The Morgan fingerprint density at radius 2 is 2.18 bits per heavy atom. The molecule has 0 aliphatic carbocycles. The van der Waals surface area contributed by atoms with Crippen LogP contribution in [0.2, 0.25) is 0 Å². The van der Waals surface area contributed by atoms with Crippen molar-refractivity contribution in [3.8, 4) is 22.8 Å². The van der Waals surface area contributed by atoms with Crippen LogP contribution in [0.4, 0.5) is 0 Å². The average Bonchev–Trinajstić information content (AvgIpc) is 3.58. The Kier molecular flexibility index (Phi) is 5.93. The molecule has 1 amide bonds. The molecule has 5 rings (SSSR count). The fourth-order valence-electron chi connectivity index (χ4n) is 3.45. The molecule has 0 unspecified atom stereocenters. The van der Waals surface area contributed by atoms with E-state index >= 15 is 0 Å². The summed E-state index contributed by atoms with van der Waals surface area (Å²) in [5.74, 6) is 1.95. The Hall–Kier alpha value is -3.50. The van der Waals surface area contributed by atoms with E-state index in [9.17, 15) is 9.59 Å². The van der Waals surface area contributed by atoms with Gasteiger partial charge in [0, 0.05) is 24.0 Å². The van der Waals surface area contributed by atoms with E-state index in [-0.39, 0.29) is 30.6 Å². The monoisotopic (exact) mass is 481 g/mol. The third kappa shape index (κ3) is 4.27. The standard InChI is InChI=1S/C23H19N3O5S2/c1-2-7-26-22(28)20-15(16-4-3-8-29-16)11-32-21(20)25-23(26)33-12-19(27)24-10-14-5-6-17-18(9-14)31-13-30-17/h2-6,8-9,11H,1,7,10,12-13H2,(H,24,27). The van der Waals surface area contributed by atoms with Crippen molar-refractivity contribution in [3.05, 3.63) is 70.5 Å². The Morgan fingerprint density at radius 3 is 3.00 bits per heavy atom. The first kappa shape index (κ1) is 21.4. The van der Waals surface area contributed by atoms with Crippen LogP contribution in [0.3, 0.4) is 0 Å². The number of carbonyl (C=O) groups excluding carboxylic acids is 1. The van der Waals surface area contributed by atoms with Gasteiger partial charge in [0.25, 0.3) is 5.56 Å². The van der Waals surface area contributed by atoms with E-state index in [4.69, 9.17) is 13.9 Å². The van der Waals surface area contributed by atoms with Crippen LogP contribution >= 0.6 is 23.1 Å². The molecule has 0 fully saturated rings. The summed E-state index contributed by atoms with van der Waals surface area (Å²) in [5.41, 5.74) is 1.44. The number of nitrogens with one attached hydrogen (secondary N) is 1. The first-order valence-corrected chi connectivity index (χ1v) is 12.0. The highest BCUT2D eigenvalue weighted by atomic mass is 32.2. The van der Waals surface area contributed by atoms with Gasteiger partial charge in [0.05, 0.1) is 17.4 Å². The summed E-state index contributed by atoms with van der Waals surface area (Å²) in [6, 6.07) is 9.14. The lowest BCUT2D eigenvalue weighted by Gasteiger charge is -2.11. The summed E-state index contributed by atoms with van der Waals surface area (Å²) < 4.78 is 17.7. The number of nitrogens with zero attached hydrogens (tertiary/aromatic N) is 2. The van der Waals surface area contributed by atoms with Crippen LogP contribution in [0.25, 0.3) is 21.5 Å². The number of ether oxygens (including phenoxy) is 2. The highest BCUT2D eigenvalue weighted by Crippen LogP contribution is 2.33. The first-order chi connectivity index (χ1) is 16.1. The fraction of sp³-hybridized carbons (Fsp3) is 0.174. The second-order valence-electron chi connectivity index (χ2n) is 7.16. The van der Waals surface area contributed by atoms with E-state index in [1.165, 1.54) is 27.7 Å². The van der Waals surface area contributed by atoms with Crippen LogP contribution in [0.1, 0.15) is 5.56 Å². The maximum absolute atomic E-state index is 13.3. The molecule has 33 heavy (non-hydrogen) atoms. The summed E-state index contributed by atoms with van der Waals surface area (Å²) >= 11 is 2.59. The van der Waals surface area contributed by atoms with E-state index in [1.54, 1.807) is 18.4 Å². The van der Waals surface area contributed by atoms with Crippen LogP contribution in [0, 0.1) is 0 Å². The quantitative estimate of drug-likeness (QED) is 0.231. The van der Waals surface area contributed by atoms with Gasteiger partial charge in [-0.15, -0.1) is 17.9 Å². The third-order valence-electron chi connectivity index (χ3n) is 5.02. The number of thiophene rings is 1. The van der Waals surface area contributed by atoms with Crippen molar-refractivity contribution in [2.24, 2.45) is 0 Å². The van der Waals surface area contributed by atoms with Gasteiger partial charge < -0.3 is 19.2 Å².